The third kappa shape index (κ3) is 4.93. The first kappa shape index (κ1) is 19.5. The molecule has 0 saturated carbocycles. The lowest BCUT2D eigenvalue weighted by molar-refractivity contribution is -0.121. The fourth-order valence-electron chi connectivity index (χ4n) is 3.04. The molecule has 0 fully saturated rings. The highest BCUT2D eigenvalue weighted by atomic mass is 32.1. The molecular formula is C20H23N3O2S2. The highest BCUT2D eigenvalue weighted by molar-refractivity contribution is 7.71. The van der Waals surface area contributed by atoms with Crippen LogP contribution in [0, 0.1) is 4.77 Å². The molecule has 2 N–H and O–H groups in total. The average molecular weight is 402 g/mol. The van der Waals surface area contributed by atoms with Crippen LogP contribution in [0.15, 0.2) is 46.6 Å². The third-order valence-corrected chi connectivity index (χ3v) is 5.78. The number of nitrogens with one attached hydrogen (secondary N) is 2. The smallest absolute Gasteiger partial charge is 0.272 e. The van der Waals surface area contributed by atoms with Crippen LogP contribution in [0.5, 0.6) is 0 Å². The lowest BCUT2D eigenvalue weighted by atomic mass is 10.1. The van der Waals surface area contributed by atoms with Crippen LogP contribution in [0.25, 0.3) is 10.2 Å². The molecule has 0 aliphatic heterocycles. The fraction of sp³-hybridized carbons (Fsp3) is 0.350. The second-order valence-electron chi connectivity index (χ2n) is 6.56. The molecule has 2 aromatic heterocycles. The van der Waals surface area contributed by atoms with E-state index >= 15 is 0 Å². The van der Waals surface area contributed by atoms with Crippen molar-refractivity contribution in [2.24, 2.45) is 0 Å². The zero-order valence-electron chi connectivity index (χ0n) is 15.2. The SMILES string of the molecule is C[C@H](NC(=O)CCCCCn1c(=S)[nH]c2ccsc2c1=O)c1ccccc1. The van der Waals surface area contributed by atoms with Gasteiger partial charge in [0.15, 0.2) is 4.77 Å². The van der Waals surface area contributed by atoms with Crippen LogP contribution in [0.2, 0.25) is 0 Å². The number of unbranched alkanes of at least 4 members (excludes halogenated alkanes) is 2. The van der Waals surface area contributed by atoms with Crippen molar-refractivity contribution in [3.8, 4) is 0 Å². The molecule has 0 unspecified atom stereocenters. The Morgan fingerprint density at radius 1 is 1.22 bits per heavy atom. The number of benzene rings is 1. The van der Waals surface area contributed by atoms with Crippen LogP contribution in [0.3, 0.4) is 0 Å². The van der Waals surface area contributed by atoms with E-state index in [1.165, 1.54) is 11.3 Å². The number of thiophene rings is 1. The first-order chi connectivity index (χ1) is 13.1. The van der Waals surface area contributed by atoms with E-state index < -0.39 is 0 Å². The van der Waals surface area contributed by atoms with Gasteiger partial charge in [-0.2, -0.15) is 0 Å². The lowest BCUT2D eigenvalue weighted by Gasteiger charge is -2.14. The highest BCUT2D eigenvalue weighted by Crippen LogP contribution is 2.15. The number of H-pyrrole nitrogens is 1. The molecule has 0 aliphatic carbocycles. The highest BCUT2D eigenvalue weighted by Gasteiger charge is 2.09. The molecule has 7 heteroatoms. The van der Waals surface area contributed by atoms with E-state index in [1.807, 2.05) is 48.7 Å². The van der Waals surface area contributed by atoms with Gasteiger partial charge in [0.1, 0.15) is 4.70 Å². The van der Waals surface area contributed by atoms with Crippen molar-refractivity contribution in [1.82, 2.24) is 14.9 Å². The Morgan fingerprint density at radius 2 is 2.00 bits per heavy atom. The Morgan fingerprint density at radius 3 is 2.78 bits per heavy atom. The van der Waals surface area contributed by atoms with Crippen molar-refractivity contribution in [3.05, 3.63) is 62.5 Å². The molecule has 0 aliphatic rings. The molecule has 5 nitrogen and oxygen atoms in total. The van der Waals surface area contributed by atoms with Crippen LogP contribution < -0.4 is 10.9 Å². The summed E-state index contributed by atoms with van der Waals surface area (Å²) in [6, 6.07) is 11.8. The van der Waals surface area contributed by atoms with Gasteiger partial charge >= 0.3 is 0 Å². The van der Waals surface area contributed by atoms with Gasteiger partial charge in [0.05, 0.1) is 11.6 Å². The van der Waals surface area contributed by atoms with Crippen molar-refractivity contribution in [3.63, 3.8) is 0 Å². The molecule has 2 heterocycles. The van der Waals surface area contributed by atoms with Gasteiger partial charge in [-0.1, -0.05) is 36.8 Å². The van der Waals surface area contributed by atoms with Gasteiger partial charge in [-0.25, -0.2) is 0 Å². The minimum atomic E-state index is -0.0295. The summed E-state index contributed by atoms with van der Waals surface area (Å²) < 4.78 is 2.78. The van der Waals surface area contributed by atoms with E-state index in [4.69, 9.17) is 12.2 Å². The Balaban J connectivity index is 1.44. The van der Waals surface area contributed by atoms with Gasteiger partial charge in [0.2, 0.25) is 5.91 Å². The molecule has 1 amide bonds. The summed E-state index contributed by atoms with van der Waals surface area (Å²) in [5.74, 6) is 0.0563. The Hall–Kier alpha value is -2.25. The first-order valence-electron chi connectivity index (χ1n) is 9.11. The number of aromatic nitrogens is 2. The molecule has 3 rings (SSSR count). The number of rotatable bonds is 8. The molecular weight excluding hydrogens is 378 g/mol. The summed E-state index contributed by atoms with van der Waals surface area (Å²) >= 11 is 6.72. The molecule has 1 atom stereocenters. The topological polar surface area (TPSA) is 66.9 Å². The van der Waals surface area contributed by atoms with Crippen molar-refractivity contribution in [2.75, 3.05) is 0 Å². The largest absolute Gasteiger partial charge is 0.350 e. The van der Waals surface area contributed by atoms with Gasteiger partial charge < -0.3 is 10.3 Å². The first-order valence-corrected chi connectivity index (χ1v) is 10.4. The summed E-state index contributed by atoms with van der Waals surface area (Å²) in [6.07, 6.45) is 2.97. The number of carbonyl (C=O) groups is 1. The lowest BCUT2D eigenvalue weighted by Crippen LogP contribution is -2.26. The van der Waals surface area contributed by atoms with Gasteiger partial charge in [0, 0.05) is 13.0 Å². The van der Waals surface area contributed by atoms with E-state index in [0.29, 0.717) is 22.4 Å². The average Bonchev–Trinajstić information content (AvgIpc) is 3.13. The summed E-state index contributed by atoms with van der Waals surface area (Å²) in [4.78, 5) is 27.7. The Labute approximate surface area is 167 Å². The van der Waals surface area contributed by atoms with Gasteiger partial charge in [0.25, 0.3) is 5.56 Å². The Bertz CT molecular complexity index is 1020. The molecule has 1 aromatic carbocycles. The second kappa shape index (κ2) is 9.10. The van der Waals surface area contributed by atoms with Gasteiger partial charge in [-0.3, -0.25) is 14.2 Å². The standard InChI is InChI=1S/C20H23N3O2S2/c1-14(15-8-4-2-5-9-15)21-17(24)10-6-3-7-12-23-19(25)18-16(11-13-27-18)22-20(23)26/h2,4-5,8-9,11,13-14H,3,6-7,10,12H2,1H3,(H,21,24)(H,22,26)/t14-/m0/s1. The van der Waals surface area contributed by atoms with E-state index in [1.54, 1.807) is 4.57 Å². The number of aromatic amines is 1. The summed E-state index contributed by atoms with van der Waals surface area (Å²) in [5.41, 5.74) is 1.87. The van der Waals surface area contributed by atoms with Crippen LogP contribution in [-0.4, -0.2) is 15.5 Å². The van der Waals surface area contributed by atoms with Gasteiger partial charge in [-0.15, -0.1) is 11.3 Å². The molecule has 142 valence electrons. The molecule has 0 bridgehead atoms. The zero-order valence-corrected chi connectivity index (χ0v) is 16.9. The number of hydrogen-bond acceptors (Lipinski definition) is 4. The van der Waals surface area contributed by atoms with E-state index in [-0.39, 0.29) is 17.5 Å². The van der Waals surface area contributed by atoms with Crippen molar-refractivity contribution >= 4 is 39.7 Å². The van der Waals surface area contributed by atoms with Crippen molar-refractivity contribution in [1.29, 1.82) is 0 Å². The van der Waals surface area contributed by atoms with E-state index in [9.17, 15) is 9.59 Å². The maximum absolute atomic E-state index is 12.5. The van der Waals surface area contributed by atoms with Crippen LogP contribution in [-0.2, 0) is 11.3 Å². The van der Waals surface area contributed by atoms with Crippen LogP contribution >= 0.6 is 23.6 Å². The predicted octanol–water partition coefficient (Wildman–Crippen LogP) is 4.56. The van der Waals surface area contributed by atoms with E-state index in [2.05, 4.69) is 10.3 Å². The molecule has 0 saturated heterocycles. The van der Waals surface area contributed by atoms with Crippen LogP contribution in [0.1, 0.15) is 44.2 Å². The molecule has 0 spiro atoms. The summed E-state index contributed by atoms with van der Waals surface area (Å²) in [7, 11) is 0. The number of hydrogen-bond donors (Lipinski definition) is 2. The van der Waals surface area contributed by atoms with E-state index in [0.717, 1.165) is 30.3 Å². The second-order valence-corrected chi connectivity index (χ2v) is 7.86. The number of carbonyl (C=O) groups excluding carboxylic acids is 1. The summed E-state index contributed by atoms with van der Waals surface area (Å²) in [6.45, 7) is 2.56. The van der Waals surface area contributed by atoms with Crippen molar-refractivity contribution in [2.45, 2.75) is 45.2 Å². The minimum absolute atomic E-state index is 0.00751. The molecule has 3 aromatic rings. The number of nitrogens with zero attached hydrogens (tertiary/aromatic N) is 1. The molecule has 0 radical (unpaired) electrons. The van der Waals surface area contributed by atoms with Crippen LogP contribution in [0.4, 0.5) is 0 Å². The number of amides is 1. The fourth-order valence-corrected chi connectivity index (χ4v) is 4.13. The Kier molecular flexibility index (Phi) is 6.58. The number of fused-ring (bicyclic) bond motifs is 1. The predicted molar refractivity (Wildman–Crippen MR) is 113 cm³/mol. The minimum Gasteiger partial charge on any atom is -0.350 e. The monoisotopic (exact) mass is 401 g/mol. The zero-order chi connectivity index (χ0) is 19.2. The third-order valence-electron chi connectivity index (χ3n) is 4.55. The maximum Gasteiger partial charge on any atom is 0.272 e. The maximum atomic E-state index is 12.5. The molecule has 27 heavy (non-hydrogen) atoms. The van der Waals surface area contributed by atoms with Crippen molar-refractivity contribution < 1.29 is 4.79 Å². The summed E-state index contributed by atoms with van der Waals surface area (Å²) in [5, 5.41) is 4.91. The quantitative estimate of drug-likeness (QED) is 0.430. The van der Waals surface area contributed by atoms with Gasteiger partial charge in [-0.05, 0) is 49.0 Å². The normalized spacial score (nSPS) is 12.2.